The number of non-ortho nitro benzene ring substituents is 1. The van der Waals surface area contributed by atoms with E-state index in [0.29, 0.717) is 0 Å². The molecule has 0 saturated carbocycles. The zero-order valence-electron chi connectivity index (χ0n) is 13.3. The molecule has 0 fully saturated rings. The Morgan fingerprint density at radius 1 is 1.23 bits per heavy atom. The Labute approximate surface area is 145 Å². The molecule has 11 heteroatoms. The van der Waals surface area contributed by atoms with Crippen LogP contribution in [-0.2, 0) is 0 Å². The lowest BCUT2D eigenvalue weighted by Crippen LogP contribution is -2.17. The minimum Gasteiger partial charge on any atom is -0.504 e. The first-order chi connectivity index (χ1) is 12.3. The lowest BCUT2D eigenvalue weighted by atomic mass is 10.1. The van der Waals surface area contributed by atoms with Crippen LogP contribution in [0.2, 0.25) is 0 Å². The quantitative estimate of drug-likeness (QED) is 0.453. The third-order valence-electron chi connectivity index (χ3n) is 3.21. The van der Waals surface area contributed by atoms with Gasteiger partial charge in [-0.2, -0.15) is 5.10 Å². The van der Waals surface area contributed by atoms with Crippen LogP contribution < -0.4 is 10.2 Å². The Kier molecular flexibility index (Phi) is 5.43. The van der Waals surface area contributed by atoms with Gasteiger partial charge in [0.15, 0.2) is 11.5 Å². The maximum atomic E-state index is 11.9. The van der Waals surface area contributed by atoms with Crippen molar-refractivity contribution >= 4 is 23.5 Å². The van der Waals surface area contributed by atoms with Crippen molar-refractivity contribution in [1.29, 1.82) is 0 Å². The molecular formula is C15H12N4O7. The van der Waals surface area contributed by atoms with Crippen LogP contribution in [0.25, 0.3) is 0 Å². The number of benzene rings is 2. The van der Waals surface area contributed by atoms with E-state index in [2.05, 4.69) is 10.5 Å². The Morgan fingerprint density at radius 3 is 2.58 bits per heavy atom. The van der Waals surface area contributed by atoms with E-state index in [4.69, 9.17) is 4.74 Å². The van der Waals surface area contributed by atoms with E-state index in [-0.39, 0.29) is 28.3 Å². The summed E-state index contributed by atoms with van der Waals surface area (Å²) in [6.45, 7) is 0. The van der Waals surface area contributed by atoms with Crippen molar-refractivity contribution in [1.82, 2.24) is 5.43 Å². The number of carbonyl (C=O) groups excluding carboxylic acids is 1. The Bertz CT molecular complexity index is 911. The summed E-state index contributed by atoms with van der Waals surface area (Å²) in [7, 11) is 1.24. The van der Waals surface area contributed by atoms with Crippen molar-refractivity contribution in [3.8, 4) is 11.5 Å². The van der Waals surface area contributed by atoms with Crippen LogP contribution >= 0.6 is 0 Å². The third kappa shape index (κ3) is 4.08. The Morgan fingerprint density at radius 2 is 1.96 bits per heavy atom. The molecule has 2 aromatic carbocycles. The van der Waals surface area contributed by atoms with Gasteiger partial charge in [0.1, 0.15) is 0 Å². The van der Waals surface area contributed by atoms with Crippen molar-refractivity contribution in [2.75, 3.05) is 7.11 Å². The molecule has 0 unspecified atom stereocenters. The number of amides is 1. The molecule has 2 N–H and O–H groups in total. The van der Waals surface area contributed by atoms with Crippen LogP contribution in [0.5, 0.6) is 11.5 Å². The van der Waals surface area contributed by atoms with E-state index in [9.17, 15) is 30.1 Å². The molecule has 26 heavy (non-hydrogen) atoms. The minimum absolute atomic E-state index is 0.0107. The van der Waals surface area contributed by atoms with Gasteiger partial charge in [0, 0.05) is 17.7 Å². The first-order valence-corrected chi connectivity index (χ1v) is 6.96. The van der Waals surface area contributed by atoms with Gasteiger partial charge in [-0.05, 0) is 12.1 Å². The van der Waals surface area contributed by atoms with Gasteiger partial charge >= 0.3 is 0 Å². The highest BCUT2D eigenvalue weighted by Gasteiger charge is 2.17. The predicted molar refractivity (Wildman–Crippen MR) is 89.5 cm³/mol. The maximum Gasteiger partial charge on any atom is 0.282 e. The fourth-order valence-corrected chi connectivity index (χ4v) is 1.98. The molecule has 0 radical (unpaired) electrons. The van der Waals surface area contributed by atoms with E-state index >= 15 is 0 Å². The van der Waals surface area contributed by atoms with Crippen molar-refractivity contribution in [2.24, 2.45) is 5.10 Å². The van der Waals surface area contributed by atoms with Gasteiger partial charge in [0.25, 0.3) is 17.3 Å². The largest absolute Gasteiger partial charge is 0.504 e. The zero-order valence-corrected chi connectivity index (χ0v) is 13.3. The number of hydrogen-bond acceptors (Lipinski definition) is 8. The SMILES string of the molecule is COc1cc([N+](=O)[O-])c(/C=N/NC(=O)c2cccc([N+](=O)[O-])c2)cc1O. The summed E-state index contributed by atoms with van der Waals surface area (Å²) >= 11 is 0. The summed E-state index contributed by atoms with van der Waals surface area (Å²) < 4.78 is 4.80. The standard InChI is InChI=1S/C15H12N4O7/c1-26-14-7-12(19(24)25)10(6-13(14)20)8-16-17-15(21)9-3-2-4-11(5-9)18(22)23/h2-8,20H,1H3,(H,17,21)/b16-8+. The topological polar surface area (TPSA) is 157 Å². The second-order valence-electron chi connectivity index (χ2n) is 4.85. The molecule has 0 heterocycles. The normalized spacial score (nSPS) is 10.5. The number of carbonyl (C=O) groups is 1. The molecule has 0 saturated heterocycles. The van der Waals surface area contributed by atoms with Crippen LogP contribution in [0.15, 0.2) is 41.5 Å². The van der Waals surface area contributed by atoms with E-state index in [0.717, 1.165) is 24.4 Å². The fraction of sp³-hybridized carbons (Fsp3) is 0.0667. The molecule has 0 aliphatic heterocycles. The molecule has 1 amide bonds. The molecule has 0 aromatic heterocycles. The van der Waals surface area contributed by atoms with Crippen LogP contribution in [0.3, 0.4) is 0 Å². The average Bonchev–Trinajstić information content (AvgIpc) is 2.61. The lowest BCUT2D eigenvalue weighted by molar-refractivity contribution is -0.385. The maximum absolute atomic E-state index is 11.9. The summed E-state index contributed by atoms with van der Waals surface area (Å²) in [5.74, 6) is -1.18. The molecular weight excluding hydrogens is 348 g/mol. The third-order valence-corrected chi connectivity index (χ3v) is 3.21. The highest BCUT2D eigenvalue weighted by atomic mass is 16.6. The van der Waals surface area contributed by atoms with Gasteiger partial charge < -0.3 is 9.84 Å². The lowest BCUT2D eigenvalue weighted by Gasteiger charge is -2.05. The highest BCUT2D eigenvalue weighted by Crippen LogP contribution is 2.32. The van der Waals surface area contributed by atoms with Crippen molar-refractivity contribution < 1.29 is 24.5 Å². The minimum atomic E-state index is -0.745. The fourth-order valence-electron chi connectivity index (χ4n) is 1.98. The number of phenolic OH excluding ortho intramolecular Hbond substituents is 1. The summed E-state index contributed by atoms with van der Waals surface area (Å²) in [6, 6.07) is 7.04. The van der Waals surface area contributed by atoms with E-state index < -0.39 is 21.4 Å². The molecule has 0 spiro atoms. The van der Waals surface area contributed by atoms with E-state index in [1.807, 2.05) is 0 Å². The summed E-state index contributed by atoms with van der Waals surface area (Å²) in [5, 5.41) is 35.1. The van der Waals surface area contributed by atoms with Crippen LogP contribution in [-0.4, -0.2) is 34.2 Å². The van der Waals surface area contributed by atoms with Crippen molar-refractivity contribution in [2.45, 2.75) is 0 Å². The number of hydrogen-bond donors (Lipinski definition) is 2. The Hall–Kier alpha value is -4.02. The van der Waals surface area contributed by atoms with Crippen LogP contribution in [0, 0.1) is 20.2 Å². The number of ether oxygens (including phenoxy) is 1. The second-order valence-corrected chi connectivity index (χ2v) is 4.85. The summed E-state index contributed by atoms with van der Waals surface area (Å²) in [5.41, 5.74) is 1.35. The first-order valence-electron chi connectivity index (χ1n) is 6.96. The van der Waals surface area contributed by atoms with Gasteiger partial charge in [-0.1, -0.05) is 6.07 Å². The smallest absolute Gasteiger partial charge is 0.282 e. The average molecular weight is 360 g/mol. The number of aromatic hydroxyl groups is 1. The highest BCUT2D eigenvalue weighted by molar-refractivity contribution is 5.96. The van der Waals surface area contributed by atoms with E-state index in [1.165, 1.54) is 25.3 Å². The molecule has 0 aliphatic carbocycles. The molecule has 134 valence electrons. The number of methoxy groups -OCH3 is 1. The summed E-state index contributed by atoms with van der Waals surface area (Å²) in [6.07, 6.45) is 0.965. The number of nitro groups is 2. The molecule has 2 rings (SSSR count). The van der Waals surface area contributed by atoms with Crippen molar-refractivity contribution in [3.63, 3.8) is 0 Å². The monoisotopic (exact) mass is 360 g/mol. The molecule has 0 bridgehead atoms. The first kappa shape index (κ1) is 18.3. The van der Waals surface area contributed by atoms with Crippen LogP contribution in [0.1, 0.15) is 15.9 Å². The van der Waals surface area contributed by atoms with Gasteiger partial charge in [0.2, 0.25) is 0 Å². The van der Waals surface area contributed by atoms with Gasteiger partial charge in [-0.25, -0.2) is 5.43 Å². The van der Waals surface area contributed by atoms with Gasteiger partial charge in [0.05, 0.1) is 34.8 Å². The molecule has 0 atom stereocenters. The number of hydrazone groups is 1. The second kappa shape index (κ2) is 7.70. The van der Waals surface area contributed by atoms with Crippen LogP contribution in [0.4, 0.5) is 11.4 Å². The number of nitrogens with zero attached hydrogens (tertiary/aromatic N) is 3. The molecule has 0 aliphatic rings. The van der Waals surface area contributed by atoms with Crippen molar-refractivity contribution in [3.05, 3.63) is 67.8 Å². The van der Waals surface area contributed by atoms with E-state index in [1.54, 1.807) is 0 Å². The molecule has 11 nitrogen and oxygen atoms in total. The molecule has 2 aromatic rings. The number of phenols is 1. The number of nitro benzene ring substituents is 2. The van der Waals surface area contributed by atoms with Gasteiger partial charge in [-0.15, -0.1) is 0 Å². The number of rotatable bonds is 6. The predicted octanol–water partition coefficient (Wildman–Crippen LogP) is 1.98. The van der Waals surface area contributed by atoms with Gasteiger partial charge in [-0.3, -0.25) is 25.0 Å². The Balaban J connectivity index is 2.21. The summed E-state index contributed by atoms with van der Waals surface area (Å²) in [4.78, 5) is 32.4. The zero-order chi connectivity index (χ0) is 19.3. The number of nitrogens with one attached hydrogen (secondary N) is 1.